The van der Waals surface area contributed by atoms with E-state index < -0.39 is 0 Å². The van der Waals surface area contributed by atoms with Gasteiger partial charge in [-0.05, 0) is 63.3 Å². The Bertz CT molecular complexity index is 742. The molecule has 0 saturated carbocycles. The molecule has 2 aromatic rings. The molecular weight excluding hydrogens is 408 g/mol. The third-order valence-corrected chi connectivity index (χ3v) is 4.99. The highest BCUT2D eigenvalue weighted by Gasteiger charge is 2.20. The molecule has 1 N–H and O–H groups in total. The Kier molecular flexibility index (Phi) is 6.04. The summed E-state index contributed by atoms with van der Waals surface area (Å²) in [6.07, 6.45) is 1.92. The number of amides is 1. The first-order valence-corrected chi connectivity index (χ1v) is 9.34. The largest absolute Gasteiger partial charge is 0.484 e. The molecule has 2 heterocycles. The van der Waals surface area contributed by atoms with Crippen LogP contribution in [-0.2, 0) is 6.61 Å². The molecule has 0 atom stereocenters. The van der Waals surface area contributed by atoms with Gasteiger partial charge in [-0.2, -0.15) is 0 Å². The first kappa shape index (κ1) is 18.3. The number of carbonyl (C=O) groups is 1. The predicted molar refractivity (Wildman–Crippen MR) is 100 cm³/mol. The van der Waals surface area contributed by atoms with Gasteiger partial charge in [0.1, 0.15) is 18.1 Å². The molecule has 1 aromatic carbocycles. The van der Waals surface area contributed by atoms with E-state index in [0.29, 0.717) is 22.3 Å². The summed E-state index contributed by atoms with van der Waals surface area (Å²) in [5, 5.41) is 3.55. The molecule has 1 aliphatic rings. The molecule has 0 aliphatic carbocycles. The maximum atomic E-state index is 12.3. The van der Waals surface area contributed by atoms with Gasteiger partial charge in [0.2, 0.25) is 0 Å². The van der Waals surface area contributed by atoms with Crippen LogP contribution in [0.1, 0.15) is 29.2 Å². The molecule has 1 saturated heterocycles. The van der Waals surface area contributed by atoms with Gasteiger partial charge >= 0.3 is 0 Å². The van der Waals surface area contributed by atoms with Gasteiger partial charge in [0.15, 0.2) is 5.76 Å². The smallest absolute Gasteiger partial charge is 0.287 e. The zero-order chi connectivity index (χ0) is 17.8. The average Bonchev–Trinajstić information content (AvgIpc) is 3.05. The molecular formula is C18H20BrClN2O3. The summed E-state index contributed by atoms with van der Waals surface area (Å²) < 4.78 is 12.1. The quantitative estimate of drug-likeness (QED) is 0.780. The molecule has 1 aromatic heterocycles. The van der Waals surface area contributed by atoms with Crippen LogP contribution in [0.15, 0.2) is 39.2 Å². The number of benzene rings is 1. The Morgan fingerprint density at radius 2 is 2.12 bits per heavy atom. The van der Waals surface area contributed by atoms with Gasteiger partial charge in [0, 0.05) is 10.5 Å². The molecule has 5 nitrogen and oxygen atoms in total. The normalized spacial score (nSPS) is 16.0. The monoisotopic (exact) mass is 426 g/mol. The zero-order valence-electron chi connectivity index (χ0n) is 13.9. The van der Waals surface area contributed by atoms with Crippen molar-refractivity contribution >= 4 is 33.4 Å². The zero-order valence-corrected chi connectivity index (χ0v) is 16.3. The lowest BCUT2D eigenvalue weighted by Crippen LogP contribution is -2.43. The number of piperidine rings is 1. The van der Waals surface area contributed by atoms with Crippen molar-refractivity contribution < 1.29 is 13.9 Å². The lowest BCUT2D eigenvalue weighted by atomic mass is 10.1. The number of hydrogen-bond acceptors (Lipinski definition) is 4. The van der Waals surface area contributed by atoms with E-state index in [-0.39, 0.29) is 18.6 Å². The van der Waals surface area contributed by atoms with Crippen molar-refractivity contribution in [1.82, 2.24) is 10.2 Å². The Morgan fingerprint density at radius 1 is 1.36 bits per heavy atom. The number of carbonyl (C=O) groups excluding carboxylic acids is 1. The number of ether oxygens (including phenoxy) is 1. The summed E-state index contributed by atoms with van der Waals surface area (Å²) in [6, 6.07) is 9.02. The summed E-state index contributed by atoms with van der Waals surface area (Å²) in [4.78, 5) is 14.6. The SMILES string of the molecule is CN1CCC(NC(=O)c2ccc(COc3ccc(Br)cc3Cl)o2)CC1. The number of likely N-dealkylation sites (tertiary alicyclic amines) is 1. The van der Waals surface area contributed by atoms with Crippen LogP contribution in [-0.4, -0.2) is 37.0 Å². The number of furan rings is 1. The number of nitrogens with zero attached hydrogens (tertiary/aromatic N) is 1. The molecule has 134 valence electrons. The van der Waals surface area contributed by atoms with Crippen LogP contribution in [0.4, 0.5) is 0 Å². The molecule has 3 rings (SSSR count). The van der Waals surface area contributed by atoms with E-state index in [2.05, 4.69) is 33.2 Å². The fourth-order valence-electron chi connectivity index (χ4n) is 2.73. The maximum Gasteiger partial charge on any atom is 0.287 e. The Labute approximate surface area is 160 Å². The second kappa shape index (κ2) is 8.25. The number of rotatable bonds is 5. The van der Waals surface area contributed by atoms with Crippen LogP contribution in [0, 0.1) is 0 Å². The Balaban J connectivity index is 1.54. The van der Waals surface area contributed by atoms with Crippen LogP contribution in [0.25, 0.3) is 0 Å². The van der Waals surface area contributed by atoms with Crippen LogP contribution < -0.4 is 10.1 Å². The van der Waals surface area contributed by atoms with Crippen molar-refractivity contribution in [1.29, 1.82) is 0 Å². The highest BCUT2D eigenvalue weighted by atomic mass is 79.9. The summed E-state index contributed by atoms with van der Waals surface area (Å²) in [6.45, 7) is 2.20. The van der Waals surface area contributed by atoms with E-state index >= 15 is 0 Å². The lowest BCUT2D eigenvalue weighted by molar-refractivity contribution is 0.0884. The summed E-state index contributed by atoms with van der Waals surface area (Å²) in [7, 11) is 2.09. The maximum absolute atomic E-state index is 12.3. The first-order chi connectivity index (χ1) is 12.0. The van der Waals surface area contributed by atoms with E-state index in [9.17, 15) is 4.79 Å². The minimum absolute atomic E-state index is 0.178. The van der Waals surface area contributed by atoms with Crippen LogP contribution in [0.5, 0.6) is 5.75 Å². The van der Waals surface area contributed by atoms with Crippen molar-refractivity contribution in [2.45, 2.75) is 25.5 Å². The molecule has 0 unspecified atom stereocenters. The minimum Gasteiger partial charge on any atom is -0.484 e. The van der Waals surface area contributed by atoms with E-state index in [1.54, 1.807) is 24.3 Å². The van der Waals surface area contributed by atoms with E-state index in [1.807, 2.05) is 6.07 Å². The molecule has 7 heteroatoms. The molecule has 25 heavy (non-hydrogen) atoms. The van der Waals surface area contributed by atoms with Gasteiger partial charge in [0.25, 0.3) is 5.91 Å². The minimum atomic E-state index is -0.178. The molecule has 0 bridgehead atoms. The van der Waals surface area contributed by atoms with Gasteiger partial charge in [-0.3, -0.25) is 4.79 Å². The van der Waals surface area contributed by atoms with Crippen molar-refractivity contribution in [3.05, 3.63) is 51.3 Å². The highest BCUT2D eigenvalue weighted by Crippen LogP contribution is 2.28. The Morgan fingerprint density at radius 3 is 2.84 bits per heavy atom. The van der Waals surface area contributed by atoms with Gasteiger partial charge in [0.05, 0.1) is 5.02 Å². The van der Waals surface area contributed by atoms with Crippen LogP contribution >= 0.6 is 27.5 Å². The lowest BCUT2D eigenvalue weighted by Gasteiger charge is -2.29. The number of nitrogens with one attached hydrogen (secondary N) is 1. The molecule has 1 amide bonds. The van der Waals surface area contributed by atoms with Crippen molar-refractivity contribution in [2.75, 3.05) is 20.1 Å². The van der Waals surface area contributed by atoms with Gasteiger partial charge in [-0.25, -0.2) is 0 Å². The standard InChI is InChI=1S/C18H20BrClN2O3/c1-22-8-6-13(7-9-22)21-18(23)17-5-3-14(25-17)11-24-16-4-2-12(19)10-15(16)20/h2-5,10,13H,6-9,11H2,1H3,(H,21,23). The van der Waals surface area contributed by atoms with Crippen LogP contribution in [0.3, 0.4) is 0 Å². The van der Waals surface area contributed by atoms with Gasteiger partial charge in [-0.15, -0.1) is 0 Å². The van der Waals surface area contributed by atoms with Crippen molar-refractivity contribution in [2.24, 2.45) is 0 Å². The summed E-state index contributed by atoms with van der Waals surface area (Å²) in [5.74, 6) is 1.27. The Hall–Kier alpha value is -1.50. The molecule has 1 aliphatic heterocycles. The van der Waals surface area contributed by atoms with Crippen LogP contribution in [0.2, 0.25) is 5.02 Å². The summed E-state index contributed by atoms with van der Waals surface area (Å²) >= 11 is 9.47. The third-order valence-electron chi connectivity index (χ3n) is 4.20. The fourth-order valence-corrected chi connectivity index (χ4v) is 3.46. The molecule has 0 radical (unpaired) electrons. The number of halogens is 2. The van der Waals surface area contributed by atoms with E-state index in [4.69, 9.17) is 20.8 Å². The molecule has 1 fully saturated rings. The average molecular weight is 428 g/mol. The fraction of sp³-hybridized carbons (Fsp3) is 0.389. The number of hydrogen-bond donors (Lipinski definition) is 1. The second-order valence-corrected chi connectivity index (χ2v) is 7.50. The topological polar surface area (TPSA) is 54.7 Å². The highest BCUT2D eigenvalue weighted by molar-refractivity contribution is 9.10. The second-order valence-electron chi connectivity index (χ2n) is 6.18. The van der Waals surface area contributed by atoms with Gasteiger partial charge < -0.3 is 19.4 Å². The van der Waals surface area contributed by atoms with E-state index in [1.165, 1.54) is 0 Å². The predicted octanol–water partition coefficient (Wildman–Crippen LogP) is 4.10. The van der Waals surface area contributed by atoms with Crippen molar-refractivity contribution in [3.63, 3.8) is 0 Å². The third kappa shape index (κ3) is 5.00. The molecule has 0 spiro atoms. The summed E-state index contributed by atoms with van der Waals surface area (Å²) in [5.41, 5.74) is 0. The van der Waals surface area contributed by atoms with Gasteiger partial charge in [-0.1, -0.05) is 27.5 Å². The van der Waals surface area contributed by atoms with E-state index in [0.717, 1.165) is 30.4 Å². The van der Waals surface area contributed by atoms with Crippen molar-refractivity contribution in [3.8, 4) is 5.75 Å². The first-order valence-electron chi connectivity index (χ1n) is 8.17.